The quantitative estimate of drug-likeness (QED) is 0.156. The lowest BCUT2D eigenvalue weighted by atomic mass is 9.72. The maximum absolute atomic E-state index is 13.4. The van der Waals surface area contributed by atoms with Crippen LogP contribution in [0.5, 0.6) is 0 Å². The Hall–Kier alpha value is -3.28. The lowest BCUT2D eigenvalue weighted by Crippen LogP contribution is -2.43. The molecule has 5 heterocycles. The summed E-state index contributed by atoms with van der Waals surface area (Å²) < 4.78 is 10.9. The fourth-order valence-corrected chi connectivity index (χ4v) is 10.3. The zero-order valence-electron chi connectivity index (χ0n) is 29.1. The van der Waals surface area contributed by atoms with Gasteiger partial charge in [0.05, 0.1) is 18.1 Å². The normalized spacial score (nSPS) is 30.4. The third-order valence-corrected chi connectivity index (χ3v) is 13.1. The lowest BCUT2D eigenvalue weighted by Gasteiger charge is -2.45. The Morgan fingerprint density at radius 1 is 0.784 bits per heavy atom. The number of pyridine rings is 2. The van der Waals surface area contributed by atoms with Crippen molar-refractivity contribution in [2.45, 2.75) is 127 Å². The van der Waals surface area contributed by atoms with Crippen molar-refractivity contribution in [2.24, 2.45) is 23.7 Å². The molecule has 11 nitrogen and oxygen atoms in total. The van der Waals surface area contributed by atoms with Gasteiger partial charge in [-0.3, -0.25) is 29.4 Å². The molecule has 270 valence electrons. The van der Waals surface area contributed by atoms with Gasteiger partial charge in [0.15, 0.2) is 11.3 Å². The summed E-state index contributed by atoms with van der Waals surface area (Å²) in [5, 5.41) is 7.10. The minimum atomic E-state index is -0.311. The van der Waals surface area contributed by atoms with Crippen LogP contribution >= 0.6 is 23.2 Å². The molecule has 4 aromatic rings. The van der Waals surface area contributed by atoms with Gasteiger partial charge in [0.25, 0.3) is 0 Å². The molecule has 5 atom stereocenters. The molecule has 0 aromatic carbocycles. The van der Waals surface area contributed by atoms with Crippen molar-refractivity contribution in [1.82, 2.24) is 29.1 Å². The number of nitrogens with one attached hydrogen (secondary N) is 2. The maximum atomic E-state index is 13.4. The van der Waals surface area contributed by atoms with Gasteiger partial charge < -0.3 is 4.74 Å². The highest BCUT2D eigenvalue weighted by Crippen LogP contribution is 2.50. The Balaban J connectivity index is 0.832. The van der Waals surface area contributed by atoms with Crippen LogP contribution in [-0.4, -0.2) is 52.6 Å². The molecule has 2 N–H and O–H groups in total. The van der Waals surface area contributed by atoms with Crippen LogP contribution in [0.1, 0.15) is 115 Å². The van der Waals surface area contributed by atoms with E-state index in [1.807, 2.05) is 16.7 Å². The average Bonchev–Trinajstić information content (AvgIpc) is 3.81. The SMILES string of the molecule is CC1(CC2CC(n3c(NC(=O)CC4CC5CCC4C5)nc4ccc(Cl)nc43)C2)CCC[C@H](CC(=O)Nc2nc3ccc(Cl)nc3n2C2CCC2)O1. The number of hydrogen-bond donors (Lipinski definition) is 2. The standard InChI is InChI=1S/C38H46Cl2N8O3/c1-38(13-3-6-27(51-38)19-33(50)46-36-41-28-9-11-30(39)43-34(28)47(36)25-4-2-5-25)20-22-16-26(17-22)48-35-29(10-12-31(40)44-35)42-37(48)45-32(49)18-24-15-21-7-8-23(24)14-21/h9-12,21-27H,2-8,13-20H2,1H3,(H,41,46,50)(H,42,45,49)/t21?,22?,23?,24?,26?,27-,38?/m1/s1. The third-order valence-electron chi connectivity index (χ3n) is 12.7. The number of fused-ring (bicyclic) bond motifs is 4. The number of hydrogen-bond acceptors (Lipinski definition) is 7. The molecule has 9 rings (SSSR count). The summed E-state index contributed by atoms with van der Waals surface area (Å²) in [7, 11) is 0. The van der Waals surface area contributed by atoms with Crippen molar-refractivity contribution in [1.29, 1.82) is 0 Å². The van der Waals surface area contributed by atoms with Gasteiger partial charge in [-0.05, 0) is 132 Å². The van der Waals surface area contributed by atoms with Crippen LogP contribution in [0.3, 0.4) is 0 Å². The Morgan fingerprint density at radius 3 is 2.02 bits per heavy atom. The van der Waals surface area contributed by atoms with E-state index in [0.29, 0.717) is 46.4 Å². The fraction of sp³-hybridized carbons (Fsp3) is 0.632. The Kier molecular flexibility index (Phi) is 8.74. The number of nitrogens with zero attached hydrogens (tertiary/aromatic N) is 6. The molecule has 2 bridgehead atoms. The number of rotatable bonds is 10. The molecule has 1 aliphatic heterocycles. The summed E-state index contributed by atoms with van der Waals surface area (Å²) in [5.41, 5.74) is 2.60. The average molecular weight is 734 g/mol. The van der Waals surface area contributed by atoms with Crippen LogP contribution in [0, 0.1) is 23.7 Å². The van der Waals surface area contributed by atoms with E-state index in [4.69, 9.17) is 37.9 Å². The van der Waals surface area contributed by atoms with Gasteiger partial charge in [-0.15, -0.1) is 0 Å². The highest BCUT2D eigenvalue weighted by atomic mass is 35.5. The van der Waals surface area contributed by atoms with Crippen molar-refractivity contribution in [3.63, 3.8) is 0 Å². The minimum absolute atomic E-state index is 0.0469. The molecule has 4 aromatic heterocycles. The molecule has 0 spiro atoms. The first-order valence-corrected chi connectivity index (χ1v) is 19.8. The lowest BCUT2D eigenvalue weighted by molar-refractivity contribution is -0.144. The van der Waals surface area contributed by atoms with Gasteiger partial charge in [0, 0.05) is 18.5 Å². The molecule has 4 saturated carbocycles. The highest BCUT2D eigenvalue weighted by Gasteiger charge is 2.43. The summed E-state index contributed by atoms with van der Waals surface area (Å²) in [4.78, 5) is 45.4. The number of aromatic nitrogens is 6. The number of anilines is 2. The first kappa shape index (κ1) is 33.5. The molecular formula is C38H46Cl2N8O3. The number of ether oxygens (including phenoxy) is 1. The molecule has 51 heavy (non-hydrogen) atoms. The van der Waals surface area contributed by atoms with Gasteiger partial charge in [-0.2, -0.15) is 0 Å². The van der Waals surface area contributed by atoms with Crippen molar-refractivity contribution in [3.8, 4) is 0 Å². The highest BCUT2D eigenvalue weighted by molar-refractivity contribution is 6.30. The largest absolute Gasteiger partial charge is 0.372 e. The Labute approximate surface area is 307 Å². The predicted molar refractivity (Wildman–Crippen MR) is 197 cm³/mol. The van der Waals surface area contributed by atoms with Crippen LogP contribution in [0.25, 0.3) is 22.3 Å². The van der Waals surface area contributed by atoms with E-state index in [0.717, 1.165) is 86.0 Å². The predicted octanol–water partition coefficient (Wildman–Crippen LogP) is 8.67. The van der Waals surface area contributed by atoms with Crippen LogP contribution in [0.4, 0.5) is 11.9 Å². The molecule has 13 heteroatoms. The Bertz CT molecular complexity index is 1990. The number of halogens is 2. The second-order valence-corrected chi connectivity index (χ2v) is 17.1. The van der Waals surface area contributed by atoms with Gasteiger partial charge in [-0.25, -0.2) is 19.9 Å². The van der Waals surface area contributed by atoms with Crippen molar-refractivity contribution < 1.29 is 14.3 Å². The van der Waals surface area contributed by atoms with Crippen LogP contribution in [0.2, 0.25) is 10.3 Å². The summed E-state index contributed by atoms with van der Waals surface area (Å²) in [6, 6.07) is 7.65. The van der Waals surface area contributed by atoms with Crippen molar-refractivity contribution in [3.05, 3.63) is 34.6 Å². The number of carbonyl (C=O) groups is 2. The zero-order valence-corrected chi connectivity index (χ0v) is 30.6. The van der Waals surface area contributed by atoms with Crippen molar-refractivity contribution in [2.75, 3.05) is 10.6 Å². The second kappa shape index (κ2) is 13.3. The van der Waals surface area contributed by atoms with Crippen LogP contribution in [0.15, 0.2) is 24.3 Å². The zero-order chi connectivity index (χ0) is 34.9. The fourth-order valence-electron chi connectivity index (χ4n) is 10.0. The summed E-state index contributed by atoms with van der Waals surface area (Å²) >= 11 is 12.6. The van der Waals surface area contributed by atoms with Gasteiger partial charge in [0.2, 0.25) is 23.7 Å². The minimum Gasteiger partial charge on any atom is -0.372 e. The first-order valence-electron chi connectivity index (χ1n) is 19.0. The molecule has 0 radical (unpaired) electrons. The van der Waals surface area contributed by atoms with E-state index in [1.165, 1.54) is 25.7 Å². The smallest absolute Gasteiger partial charge is 0.229 e. The molecule has 5 aliphatic rings. The van der Waals surface area contributed by atoms with Gasteiger partial charge in [-0.1, -0.05) is 29.6 Å². The van der Waals surface area contributed by atoms with E-state index < -0.39 is 0 Å². The number of carbonyl (C=O) groups excluding carboxylic acids is 2. The van der Waals surface area contributed by atoms with E-state index in [2.05, 4.69) is 32.1 Å². The van der Waals surface area contributed by atoms with Crippen LogP contribution < -0.4 is 10.6 Å². The maximum Gasteiger partial charge on any atom is 0.229 e. The van der Waals surface area contributed by atoms with E-state index in [9.17, 15) is 9.59 Å². The van der Waals surface area contributed by atoms with Crippen LogP contribution in [-0.2, 0) is 14.3 Å². The molecule has 4 unspecified atom stereocenters. The summed E-state index contributed by atoms with van der Waals surface area (Å²) in [6.07, 6.45) is 14.6. The number of imidazole rings is 2. The molecule has 2 amide bonds. The summed E-state index contributed by atoms with van der Waals surface area (Å²) in [5.74, 6) is 3.51. The molecular weight excluding hydrogens is 687 g/mol. The Morgan fingerprint density at radius 2 is 1.43 bits per heavy atom. The van der Waals surface area contributed by atoms with Gasteiger partial charge in [0.1, 0.15) is 21.3 Å². The van der Waals surface area contributed by atoms with Crippen molar-refractivity contribution >= 4 is 69.2 Å². The number of amides is 2. The molecule has 1 saturated heterocycles. The topological polar surface area (TPSA) is 129 Å². The van der Waals surface area contributed by atoms with E-state index in [-0.39, 0.29) is 42.0 Å². The van der Waals surface area contributed by atoms with E-state index in [1.54, 1.807) is 12.1 Å². The molecule has 4 aliphatic carbocycles. The summed E-state index contributed by atoms with van der Waals surface area (Å²) in [6.45, 7) is 2.20. The molecule has 5 fully saturated rings. The second-order valence-electron chi connectivity index (χ2n) is 16.4. The van der Waals surface area contributed by atoms with Gasteiger partial charge >= 0.3 is 0 Å². The third kappa shape index (κ3) is 6.63. The monoisotopic (exact) mass is 732 g/mol. The first-order chi connectivity index (χ1) is 24.7. The van der Waals surface area contributed by atoms with E-state index >= 15 is 0 Å².